The van der Waals surface area contributed by atoms with E-state index in [0.29, 0.717) is 26.1 Å². The minimum atomic E-state index is -4.18. The van der Waals surface area contributed by atoms with Gasteiger partial charge in [-0.15, -0.1) is 0 Å². The molecule has 1 saturated heterocycles. The van der Waals surface area contributed by atoms with E-state index in [0.717, 1.165) is 0 Å². The van der Waals surface area contributed by atoms with Crippen LogP contribution in [0.1, 0.15) is 11.1 Å². The summed E-state index contributed by atoms with van der Waals surface area (Å²) >= 11 is 0. The van der Waals surface area contributed by atoms with Gasteiger partial charge in [-0.1, -0.05) is 24.3 Å². The third-order valence-corrected chi connectivity index (χ3v) is 4.47. The highest BCUT2D eigenvalue weighted by Crippen LogP contribution is 2.20. The molecule has 1 N–H and O–H groups in total. The summed E-state index contributed by atoms with van der Waals surface area (Å²) in [7, 11) is 0. The molecule has 2 heterocycles. The predicted molar refractivity (Wildman–Crippen MR) is 79.8 cm³/mol. The molecule has 126 valence electrons. The van der Waals surface area contributed by atoms with Gasteiger partial charge >= 0.3 is 6.18 Å². The molecule has 3 rings (SSSR count). The number of nitrogens with zero attached hydrogens (tertiary/aromatic N) is 2. The molecule has 0 bridgehead atoms. The number of hydrogen-bond donors (Lipinski definition) is 1. The third-order valence-electron chi connectivity index (χ3n) is 4.47. The summed E-state index contributed by atoms with van der Waals surface area (Å²) in [4.78, 5) is 15.6. The molecule has 1 aromatic carbocycles. The average molecular weight is 327 g/mol. The minimum Gasteiger partial charge on any atom is -0.339 e. The van der Waals surface area contributed by atoms with Crippen molar-refractivity contribution in [2.45, 2.75) is 25.2 Å². The maximum Gasteiger partial charge on any atom is 0.401 e. The zero-order chi connectivity index (χ0) is 16.4. The number of nitrogens with one attached hydrogen (secondary N) is 1. The van der Waals surface area contributed by atoms with E-state index in [1.165, 1.54) is 16.0 Å². The summed E-state index contributed by atoms with van der Waals surface area (Å²) in [6.07, 6.45) is -3.54. The quantitative estimate of drug-likeness (QED) is 0.892. The number of hydrogen-bond acceptors (Lipinski definition) is 3. The number of halogens is 3. The number of benzene rings is 1. The van der Waals surface area contributed by atoms with E-state index in [4.69, 9.17) is 0 Å². The normalized spacial score (nSPS) is 22.7. The number of rotatable bonds is 2. The van der Waals surface area contributed by atoms with E-state index in [2.05, 4.69) is 5.32 Å². The number of fused-ring (bicyclic) bond motifs is 1. The van der Waals surface area contributed by atoms with Gasteiger partial charge in [0.05, 0.1) is 12.6 Å². The van der Waals surface area contributed by atoms with Crippen molar-refractivity contribution in [1.82, 2.24) is 15.1 Å². The topological polar surface area (TPSA) is 35.6 Å². The van der Waals surface area contributed by atoms with Crippen LogP contribution >= 0.6 is 0 Å². The van der Waals surface area contributed by atoms with Crippen LogP contribution in [0.15, 0.2) is 24.3 Å². The lowest BCUT2D eigenvalue weighted by Gasteiger charge is -2.37. The van der Waals surface area contributed by atoms with Gasteiger partial charge < -0.3 is 10.2 Å². The lowest BCUT2D eigenvalue weighted by Crippen LogP contribution is -2.56. The van der Waals surface area contributed by atoms with Crippen molar-refractivity contribution >= 4 is 5.91 Å². The van der Waals surface area contributed by atoms with Crippen LogP contribution in [0, 0.1) is 0 Å². The Hall–Kier alpha value is -1.60. The second-order valence-electron chi connectivity index (χ2n) is 6.12. The summed E-state index contributed by atoms with van der Waals surface area (Å²) in [5, 5.41) is 3.24. The number of piperazine rings is 1. The van der Waals surface area contributed by atoms with E-state index in [1.54, 1.807) is 4.90 Å². The van der Waals surface area contributed by atoms with Gasteiger partial charge in [0.2, 0.25) is 5.91 Å². The fourth-order valence-electron chi connectivity index (χ4n) is 3.23. The van der Waals surface area contributed by atoms with Crippen molar-refractivity contribution in [2.75, 3.05) is 32.7 Å². The van der Waals surface area contributed by atoms with Crippen LogP contribution in [0.25, 0.3) is 0 Å². The van der Waals surface area contributed by atoms with Crippen LogP contribution in [0.3, 0.4) is 0 Å². The number of alkyl halides is 3. The van der Waals surface area contributed by atoms with Crippen molar-refractivity contribution in [1.29, 1.82) is 0 Å². The molecule has 1 amide bonds. The molecule has 0 aliphatic carbocycles. The highest BCUT2D eigenvalue weighted by Gasteiger charge is 2.34. The Kier molecular flexibility index (Phi) is 4.59. The minimum absolute atomic E-state index is 0.00818. The fourth-order valence-corrected chi connectivity index (χ4v) is 3.23. The Morgan fingerprint density at radius 2 is 1.78 bits per heavy atom. The first-order valence-corrected chi connectivity index (χ1v) is 7.80. The van der Waals surface area contributed by atoms with E-state index >= 15 is 0 Å². The average Bonchev–Trinajstić information content (AvgIpc) is 2.53. The van der Waals surface area contributed by atoms with Crippen molar-refractivity contribution < 1.29 is 18.0 Å². The molecule has 1 fully saturated rings. The Morgan fingerprint density at radius 1 is 1.13 bits per heavy atom. The summed E-state index contributed by atoms with van der Waals surface area (Å²) in [5.41, 5.74) is 2.37. The zero-order valence-corrected chi connectivity index (χ0v) is 12.8. The second kappa shape index (κ2) is 6.49. The van der Waals surface area contributed by atoms with Gasteiger partial charge in [0.1, 0.15) is 0 Å². The molecule has 1 unspecified atom stereocenters. The van der Waals surface area contributed by atoms with Crippen LogP contribution in [0.5, 0.6) is 0 Å². The van der Waals surface area contributed by atoms with Crippen molar-refractivity contribution in [3.8, 4) is 0 Å². The SMILES string of the molecule is O=C(C1Cc2ccccc2CN1)N1CCN(CC(F)(F)F)CC1. The second-order valence-corrected chi connectivity index (χ2v) is 6.12. The van der Waals surface area contributed by atoms with Crippen molar-refractivity contribution in [3.63, 3.8) is 0 Å². The molecule has 1 aromatic rings. The highest BCUT2D eigenvalue weighted by atomic mass is 19.4. The van der Waals surface area contributed by atoms with E-state index in [-0.39, 0.29) is 25.0 Å². The van der Waals surface area contributed by atoms with Crippen molar-refractivity contribution in [2.24, 2.45) is 0 Å². The molecule has 0 radical (unpaired) electrons. The first kappa shape index (κ1) is 16.3. The van der Waals surface area contributed by atoms with Gasteiger partial charge in [-0.25, -0.2) is 0 Å². The molecule has 1 atom stereocenters. The maximum absolute atomic E-state index is 12.6. The lowest BCUT2D eigenvalue weighted by molar-refractivity contribution is -0.152. The van der Waals surface area contributed by atoms with E-state index < -0.39 is 12.7 Å². The highest BCUT2D eigenvalue weighted by molar-refractivity contribution is 5.82. The van der Waals surface area contributed by atoms with Gasteiger partial charge in [-0.05, 0) is 17.5 Å². The molecule has 0 saturated carbocycles. The molecule has 23 heavy (non-hydrogen) atoms. The first-order chi connectivity index (χ1) is 10.9. The molecule has 2 aliphatic heterocycles. The molecule has 7 heteroatoms. The Bertz CT molecular complexity index is 568. The Morgan fingerprint density at radius 3 is 2.43 bits per heavy atom. The smallest absolute Gasteiger partial charge is 0.339 e. The molecule has 0 spiro atoms. The Balaban J connectivity index is 1.54. The van der Waals surface area contributed by atoms with Crippen LogP contribution in [0.4, 0.5) is 13.2 Å². The third kappa shape index (κ3) is 4.03. The molecule has 2 aliphatic rings. The first-order valence-electron chi connectivity index (χ1n) is 7.80. The molecular formula is C16H20F3N3O. The molecule has 4 nitrogen and oxygen atoms in total. The lowest BCUT2D eigenvalue weighted by atomic mass is 9.95. The van der Waals surface area contributed by atoms with Crippen LogP contribution < -0.4 is 5.32 Å². The maximum atomic E-state index is 12.6. The zero-order valence-electron chi connectivity index (χ0n) is 12.8. The van der Waals surface area contributed by atoms with Gasteiger partial charge in [0.15, 0.2) is 0 Å². The van der Waals surface area contributed by atoms with Gasteiger partial charge in [0.25, 0.3) is 0 Å². The van der Waals surface area contributed by atoms with Crippen molar-refractivity contribution in [3.05, 3.63) is 35.4 Å². The van der Waals surface area contributed by atoms with Crippen LogP contribution in [-0.2, 0) is 17.8 Å². The van der Waals surface area contributed by atoms with Gasteiger partial charge in [0, 0.05) is 32.7 Å². The Labute approximate surface area is 133 Å². The molecule has 0 aromatic heterocycles. The van der Waals surface area contributed by atoms with Crippen LogP contribution in [0.2, 0.25) is 0 Å². The summed E-state index contributed by atoms with van der Waals surface area (Å²) in [5.74, 6) is -0.00818. The number of carbonyl (C=O) groups is 1. The monoisotopic (exact) mass is 327 g/mol. The number of carbonyl (C=O) groups excluding carboxylic acids is 1. The predicted octanol–water partition coefficient (Wildman–Crippen LogP) is 1.41. The molecular weight excluding hydrogens is 307 g/mol. The van der Waals surface area contributed by atoms with E-state index in [9.17, 15) is 18.0 Å². The summed E-state index contributed by atoms with van der Waals surface area (Å²) < 4.78 is 37.2. The fraction of sp³-hybridized carbons (Fsp3) is 0.562. The van der Waals surface area contributed by atoms with Gasteiger partial charge in [-0.3, -0.25) is 9.69 Å². The van der Waals surface area contributed by atoms with Gasteiger partial charge in [-0.2, -0.15) is 13.2 Å². The van der Waals surface area contributed by atoms with E-state index in [1.807, 2.05) is 24.3 Å². The summed E-state index contributed by atoms with van der Waals surface area (Å²) in [6, 6.07) is 7.72. The summed E-state index contributed by atoms with van der Waals surface area (Å²) in [6.45, 7) is 1.01. The standard InChI is InChI=1S/C16H20F3N3O/c17-16(18,19)11-21-5-7-22(8-6-21)15(23)14-9-12-3-1-2-4-13(12)10-20-14/h1-4,14,20H,5-11H2. The van der Waals surface area contributed by atoms with Crippen LogP contribution in [-0.4, -0.2) is 60.6 Å². The number of amides is 1. The largest absolute Gasteiger partial charge is 0.401 e.